The fraction of sp³-hybridized carbons (Fsp3) is 0.400. The van der Waals surface area contributed by atoms with E-state index in [2.05, 4.69) is 30.2 Å². The van der Waals surface area contributed by atoms with E-state index in [0.29, 0.717) is 0 Å². The van der Waals surface area contributed by atoms with Gasteiger partial charge in [0.15, 0.2) is 0 Å². The van der Waals surface area contributed by atoms with Gasteiger partial charge < -0.3 is 9.73 Å². The third kappa shape index (κ3) is 2.99. The molecule has 0 aromatic carbocycles. The molecule has 0 bridgehead atoms. The van der Waals surface area contributed by atoms with Gasteiger partial charge in [-0.3, -0.25) is 4.98 Å². The van der Waals surface area contributed by atoms with Gasteiger partial charge in [0.05, 0.1) is 6.04 Å². The zero-order valence-electron chi connectivity index (χ0n) is 11.2. The first kappa shape index (κ1) is 12.8. The van der Waals surface area contributed by atoms with Gasteiger partial charge in [0, 0.05) is 18.0 Å². The average Bonchev–Trinajstić information content (AvgIpc) is 2.85. The topological polar surface area (TPSA) is 38.1 Å². The van der Waals surface area contributed by atoms with Crippen LogP contribution in [0.15, 0.2) is 35.0 Å². The van der Waals surface area contributed by atoms with E-state index in [9.17, 15) is 0 Å². The fourth-order valence-corrected chi connectivity index (χ4v) is 1.89. The van der Waals surface area contributed by atoms with Crippen molar-refractivity contribution in [3.05, 3.63) is 41.9 Å². The SMILES string of the molecule is CCCNC(C)c1ccc(-c2cncc(C)c2)o1. The number of nitrogens with one attached hydrogen (secondary N) is 1. The van der Waals surface area contributed by atoms with Crippen molar-refractivity contribution in [2.24, 2.45) is 0 Å². The summed E-state index contributed by atoms with van der Waals surface area (Å²) in [6.07, 6.45) is 4.80. The first-order chi connectivity index (χ1) is 8.70. The Hall–Kier alpha value is -1.61. The molecule has 0 spiro atoms. The maximum absolute atomic E-state index is 5.88. The van der Waals surface area contributed by atoms with Crippen molar-refractivity contribution in [2.45, 2.75) is 33.2 Å². The molecule has 0 fully saturated rings. The number of aromatic nitrogens is 1. The van der Waals surface area contributed by atoms with E-state index in [1.54, 1.807) is 0 Å². The Morgan fingerprint density at radius 1 is 1.33 bits per heavy atom. The maximum Gasteiger partial charge on any atom is 0.135 e. The molecule has 0 amide bonds. The van der Waals surface area contributed by atoms with Crippen LogP contribution in [0, 0.1) is 6.92 Å². The van der Waals surface area contributed by atoms with Gasteiger partial charge >= 0.3 is 0 Å². The molecule has 96 valence electrons. The Labute approximate surface area is 108 Å². The summed E-state index contributed by atoms with van der Waals surface area (Å²) in [7, 11) is 0. The standard InChI is InChI=1S/C15H20N2O/c1-4-7-17-12(3)14-5-6-15(18-14)13-8-11(2)9-16-10-13/h5-6,8-10,12,17H,4,7H2,1-3H3. The van der Waals surface area contributed by atoms with E-state index in [-0.39, 0.29) is 6.04 Å². The molecule has 0 radical (unpaired) electrons. The van der Waals surface area contributed by atoms with Crippen LogP contribution in [0.5, 0.6) is 0 Å². The van der Waals surface area contributed by atoms with E-state index in [1.165, 1.54) is 0 Å². The lowest BCUT2D eigenvalue weighted by atomic mass is 10.2. The second-order valence-corrected chi connectivity index (χ2v) is 4.63. The van der Waals surface area contributed by atoms with Crippen LogP contribution >= 0.6 is 0 Å². The molecular formula is C15H20N2O. The van der Waals surface area contributed by atoms with E-state index in [0.717, 1.165) is 35.6 Å². The third-order valence-electron chi connectivity index (χ3n) is 2.91. The van der Waals surface area contributed by atoms with E-state index >= 15 is 0 Å². The molecule has 0 aliphatic carbocycles. The van der Waals surface area contributed by atoms with Crippen molar-refractivity contribution in [3.63, 3.8) is 0 Å². The van der Waals surface area contributed by atoms with E-state index in [1.807, 2.05) is 31.5 Å². The minimum absolute atomic E-state index is 0.247. The number of furan rings is 1. The van der Waals surface area contributed by atoms with Crippen molar-refractivity contribution in [2.75, 3.05) is 6.54 Å². The molecule has 3 heteroatoms. The minimum atomic E-state index is 0.247. The van der Waals surface area contributed by atoms with Crippen LogP contribution in [-0.4, -0.2) is 11.5 Å². The number of nitrogens with zero attached hydrogens (tertiary/aromatic N) is 1. The Morgan fingerprint density at radius 3 is 2.89 bits per heavy atom. The highest BCUT2D eigenvalue weighted by Crippen LogP contribution is 2.25. The number of pyridine rings is 1. The Bertz CT molecular complexity index is 505. The molecule has 1 atom stereocenters. The van der Waals surface area contributed by atoms with Crippen LogP contribution in [0.25, 0.3) is 11.3 Å². The Kier molecular flexibility index (Phi) is 4.15. The summed E-state index contributed by atoms with van der Waals surface area (Å²) in [5.74, 6) is 1.85. The van der Waals surface area contributed by atoms with Crippen LogP contribution in [0.1, 0.15) is 37.6 Å². The van der Waals surface area contributed by atoms with Gasteiger partial charge in [-0.15, -0.1) is 0 Å². The zero-order chi connectivity index (χ0) is 13.0. The average molecular weight is 244 g/mol. The predicted octanol–water partition coefficient (Wildman–Crippen LogP) is 3.71. The quantitative estimate of drug-likeness (QED) is 0.871. The van der Waals surface area contributed by atoms with Gasteiger partial charge in [-0.1, -0.05) is 6.92 Å². The van der Waals surface area contributed by atoms with Gasteiger partial charge in [0.25, 0.3) is 0 Å². The Morgan fingerprint density at radius 2 is 2.17 bits per heavy atom. The highest BCUT2D eigenvalue weighted by atomic mass is 16.3. The lowest BCUT2D eigenvalue weighted by molar-refractivity contribution is 0.438. The molecule has 0 saturated heterocycles. The summed E-state index contributed by atoms with van der Waals surface area (Å²) in [5, 5.41) is 3.42. The monoisotopic (exact) mass is 244 g/mol. The van der Waals surface area contributed by atoms with Crippen LogP contribution < -0.4 is 5.32 Å². The van der Waals surface area contributed by atoms with Crippen molar-refractivity contribution in [1.82, 2.24) is 10.3 Å². The molecule has 0 aliphatic rings. The Balaban J connectivity index is 2.15. The predicted molar refractivity (Wildman–Crippen MR) is 73.4 cm³/mol. The first-order valence-corrected chi connectivity index (χ1v) is 6.46. The van der Waals surface area contributed by atoms with Crippen molar-refractivity contribution in [3.8, 4) is 11.3 Å². The highest BCUT2D eigenvalue weighted by Gasteiger charge is 2.10. The summed E-state index contributed by atoms with van der Waals surface area (Å²) >= 11 is 0. The van der Waals surface area contributed by atoms with Crippen LogP contribution in [0.3, 0.4) is 0 Å². The maximum atomic E-state index is 5.88. The van der Waals surface area contributed by atoms with Crippen LogP contribution in [0.2, 0.25) is 0 Å². The van der Waals surface area contributed by atoms with Crippen LogP contribution in [0.4, 0.5) is 0 Å². The molecule has 0 saturated carbocycles. The smallest absolute Gasteiger partial charge is 0.135 e. The normalized spacial score (nSPS) is 12.6. The molecule has 1 unspecified atom stereocenters. The second-order valence-electron chi connectivity index (χ2n) is 4.63. The molecule has 18 heavy (non-hydrogen) atoms. The van der Waals surface area contributed by atoms with Crippen molar-refractivity contribution >= 4 is 0 Å². The summed E-state index contributed by atoms with van der Waals surface area (Å²) in [5.41, 5.74) is 2.17. The van der Waals surface area contributed by atoms with Gasteiger partial charge in [-0.2, -0.15) is 0 Å². The van der Waals surface area contributed by atoms with Gasteiger partial charge in [0.1, 0.15) is 11.5 Å². The lowest BCUT2D eigenvalue weighted by Crippen LogP contribution is -2.18. The zero-order valence-corrected chi connectivity index (χ0v) is 11.2. The number of hydrogen-bond donors (Lipinski definition) is 1. The number of rotatable bonds is 5. The number of aryl methyl sites for hydroxylation is 1. The molecule has 2 heterocycles. The first-order valence-electron chi connectivity index (χ1n) is 6.46. The molecule has 3 nitrogen and oxygen atoms in total. The summed E-state index contributed by atoms with van der Waals surface area (Å²) in [6.45, 7) is 7.31. The van der Waals surface area contributed by atoms with Gasteiger partial charge in [0.2, 0.25) is 0 Å². The summed E-state index contributed by atoms with van der Waals surface area (Å²) in [4.78, 5) is 4.19. The highest BCUT2D eigenvalue weighted by molar-refractivity contribution is 5.57. The largest absolute Gasteiger partial charge is 0.459 e. The fourth-order valence-electron chi connectivity index (χ4n) is 1.89. The van der Waals surface area contributed by atoms with Gasteiger partial charge in [-0.25, -0.2) is 0 Å². The van der Waals surface area contributed by atoms with E-state index in [4.69, 9.17) is 4.42 Å². The van der Waals surface area contributed by atoms with E-state index < -0.39 is 0 Å². The lowest BCUT2D eigenvalue weighted by Gasteiger charge is -2.09. The minimum Gasteiger partial charge on any atom is -0.459 e. The van der Waals surface area contributed by atoms with Gasteiger partial charge in [-0.05, 0) is 50.6 Å². The summed E-state index contributed by atoms with van der Waals surface area (Å²) in [6, 6.07) is 6.37. The third-order valence-corrected chi connectivity index (χ3v) is 2.91. The van der Waals surface area contributed by atoms with Crippen LogP contribution in [-0.2, 0) is 0 Å². The molecule has 2 aromatic heterocycles. The molecule has 0 aliphatic heterocycles. The molecule has 2 aromatic rings. The van der Waals surface area contributed by atoms with Crippen molar-refractivity contribution in [1.29, 1.82) is 0 Å². The molecule has 2 rings (SSSR count). The molecular weight excluding hydrogens is 224 g/mol. The summed E-state index contributed by atoms with van der Waals surface area (Å²) < 4.78 is 5.88. The number of hydrogen-bond acceptors (Lipinski definition) is 3. The second kappa shape index (κ2) is 5.83. The van der Waals surface area contributed by atoms with Crippen molar-refractivity contribution < 1.29 is 4.42 Å². The molecule has 1 N–H and O–H groups in total.